The van der Waals surface area contributed by atoms with E-state index in [4.69, 9.17) is 5.11 Å². The van der Waals surface area contributed by atoms with Crippen LogP contribution in [0.25, 0.3) is 0 Å². The molecule has 3 N–H and O–H groups in total. The van der Waals surface area contributed by atoms with Crippen LogP contribution in [0.1, 0.15) is 52.9 Å². The molecule has 0 aromatic carbocycles. The lowest BCUT2D eigenvalue weighted by Crippen LogP contribution is -2.50. The second-order valence-corrected chi connectivity index (χ2v) is 6.05. The topological polar surface area (TPSA) is 78.4 Å². The molecular formula is C14H26N2O3. The van der Waals surface area contributed by atoms with Gasteiger partial charge in [0.2, 0.25) is 0 Å². The van der Waals surface area contributed by atoms with Crippen LogP contribution >= 0.6 is 0 Å². The van der Waals surface area contributed by atoms with Gasteiger partial charge < -0.3 is 15.7 Å². The van der Waals surface area contributed by atoms with Crippen molar-refractivity contribution in [2.24, 2.45) is 11.3 Å². The Hall–Kier alpha value is -1.26. The van der Waals surface area contributed by atoms with Crippen molar-refractivity contribution in [1.29, 1.82) is 0 Å². The van der Waals surface area contributed by atoms with Gasteiger partial charge in [0.05, 0.1) is 0 Å². The van der Waals surface area contributed by atoms with E-state index in [0.717, 1.165) is 19.3 Å². The maximum Gasteiger partial charge on any atom is 0.326 e. The number of carboxylic acid groups (broad SMARTS) is 1. The van der Waals surface area contributed by atoms with Gasteiger partial charge in [0, 0.05) is 6.54 Å². The van der Waals surface area contributed by atoms with E-state index in [1.807, 2.05) is 13.8 Å². The Labute approximate surface area is 115 Å². The van der Waals surface area contributed by atoms with Gasteiger partial charge in [-0.1, -0.05) is 40.0 Å². The summed E-state index contributed by atoms with van der Waals surface area (Å²) in [7, 11) is 0. The first-order chi connectivity index (χ1) is 8.88. The fourth-order valence-corrected chi connectivity index (χ4v) is 2.57. The summed E-state index contributed by atoms with van der Waals surface area (Å²) < 4.78 is 0. The largest absolute Gasteiger partial charge is 0.480 e. The van der Waals surface area contributed by atoms with Gasteiger partial charge in [0.15, 0.2) is 0 Å². The van der Waals surface area contributed by atoms with Gasteiger partial charge in [0.1, 0.15) is 6.04 Å². The Kier molecular flexibility index (Phi) is 5.63. The molecule has 0 spiro atoms. The molecule has 5 nitrogen and oxygen atoms in total. The van der Waals surface area contributed by atoms with Gasteiger partial charge >= 0.3 is 12.0 Å². The van der Waals surface area contributed by atoms with Crippen molar-refractivity contribution < 1.29 is 14.7 Å². The normalized spacial score (nSPS) is 20.6. The number of carboxylic acids is 1. The van der Waals surface area contributed by atoms with E-state index in [2.05, 4.69) is 17.6 Å². The van der Waals surface area contributed by atoms with Crippen LogP contribution in [0.5, 0.6) is 0 Å². The third kappa shape index (κ3) is 4.73. The maximum atomic E-state index is 11.8. The zero-order valence-corrected chi connectivity index (χ0v) is 12.2. The molecule has 1 saturated carbocycles. The van der Waals surface area contributed by atoms with Crippen LogP contribution in [0.15, 0.2) is 0 Å². The first kappa shape index (κ1) is 15.8. The molecule has 1 aliphatic rings. The van der Waals surface area contributed by atoms with Crippen LogP contribution in [-0.4, -0.2) is 29.7 Å². The van der Waals surface area contributed by atoms with Gasteiger partial charge in [-0.25, -0.2) is 9.59 Å². The van der Waals surface area contributed by atoms with Crippen molar-refractivity contribution in [2.75, 3.05) is 6.54 Å². The summed E-state index contributed by atoms with van der Waals surface area (Å²) in [6.45, 7) is 6.53. The molecule has 0 aromatic rings. The fourth-order valence-electron chi connectivity index (χ4n) is 2.57. The molecule has 2 atom stereocenters. The van der Waals surface area contributed by atoms with Crippen LogP contribution in [0.2, 0.25) is 0 Å². The van der Waals surface area contributed by atoms with E-state index in [9.17, 15) is 9.59 Å². The first-order valence-corrected chi connectivity index (χ1v) is 7.15. The standard InChI is InChI=1S/C14H26N2O3/c1-4-10(2)11(12(17)18)16-13(19)15-9-14(3)7-5-6-8-14/h10-11H,4-9H2,1-3H3,(H,17,18)(H2,15,16,19)/t10?,11-/m0/s1. The summed E-state index contributed by atoms with van der Waals surface area (Å²) in [5.41, 5.74) is 0.173. The van der Waals surface area contributed by atoms with Crippen molar-refractivity contribution in [3.8, 4) is 0 Å². The molecule has 0 heterocycles. The third-order valence-corrected chi connectivity index (χ3v) is 4.25. The second-order valence-electron chi connectivity index (χ2n) is 6.05. The zero-order chi connectivity index (χ0) is 14.5. The smallest absolute Gasteiger partial charge is 0.326 e. The minimum absolute atomic E-state index is 0.0784. The Morgan fingerprint density at radius 2 is 1.89 bits per heavy atom. The molecule has 0 aromatic heterocycles. The minimum atomic E-state index is -0.975. The van der Waals surface area contributed by atoms with Gasteiger partial charge in [-0.15, -0.1) is 0 Å². The zero-order valence-electron chi connectivity index (χ0n) is 12.2. The molecule has 1 fully saturated rings. The predicted octanol–water partition coefficient (Wildman–Crippen LogP) is 2.37. The van der Waals surface area contributed by atoms with Crippen LogP contribution in [0, 0.1) is 11.3 Å². The molecule has 19 heavy (non-hydrogen) atoms. The second kappa shape index (κ2) is 6.78. The van der Waals surface area contributed by atoms with Gasteiger partial charge in [-0.05, 0) is 24.2 Å². The minimum Gasteiger partial charge on any atom is -0.480 e. The Morgan fingerprint density at radius 1 is 1.32 bits per heavy atom. The number of hydrogen-bond donors (Lipinski definition) is 3. The number of nitrogens with one attached hydrogen (secondary N) is 2. The van der Waals surface area contributed by atoms with Crippen LogP contribution in [0.4, 0.5) is 4.79 Å². The molecule has 0 aliphatic heterocycles. The lowest BCUT2D eigenvalue weighted by molar-refractivity contribution is -0.140. The summed E-state index contributed by atoms with van der Waals surface area (Å²) in [6.07, 6.45) is 5.39. The molecule has 1 unspecified atom stereocenters. The molecule has 1 aliphatic carbocycles. The summed E-state index contributed by atoms with van der Waals surface area (Å²) in [6, 6.07) is -1.19. The SMILES string of the molecule is CCC(C)[C@H](NC(=O)NCC1(C)CCCC1)C(=O)O. The highest BCUT2D eigenvalue weighted by Crippen LogP contribution is 2.36. The van der Waals surface area contributed by atoms with Crippen LogP contribution < -0.4 is 10.6 Å². The number of rotatable bonds is 6. The van der Waals surface area contributed by atoms with E-state index in [-0.39, 0.29) is 17.4 Å². The van der Waals surface area contributed by atoms with E-state index in [1.165, 1.54) is 12.8 Å². The van der Waals surface area contributed by atoms with Crippen molar-refractivity contribution in [3.63, 3.8) is 0 Å². The molecule has 5 heteroatoms. The highest BCUT2D eigenvalue weighted by molar-refractivity contribution is 5.82. The maximum absolute atomic E-state index is 11.8. The number of urea groups is 1. The number of carbonyl (C=O) groups excluding carboxylic acids is 1. The van der Waals surface area contributed by atoms with Gasteiger partial charge in [-0.2, -0.15) is 0 Å². The van der Waals surface area contributed by atoms with Crippen LogP contribution in [-0.2, 0) is 4.79 Å². The van der Waals surface area contributed by atoms with Crippen molar-refractivity contribution >= 4 is 12.0 Å². The number of amides is 2. The van der Waals surface area contributed by atoms with Crippen molar-refractivity contribution in [3.05, 3.63) is 0 Å². The molecule has 1 rings (SSSR count). The van der Waals surface area contributed by atoms with Crippen molar-refractivity contribution in [1.82, 2.24) is 10.6 Å². The number of aliphatic carboxylic acids is 1. The fraction of sp³-hybridized carbons (Fsp3) is 0.857. The monoisotopic (exact) mass is 270 g/mol. The highest BCUT2D eigenvalue weighted by atomic mass is 16.4. The average molecular weight is 270 g/mol. The number of hydrogen-bond acceptors (Lipinski definition) is 2. The van der Waals surface area contributed by atoms with Crippen molar-refractivity contribution in [2.45, 2.75) is 58.9 Å². The van der Waals surface area contributed by atoms with Gasteiger partial charge in [0.25, 0.3) is 0 Å². The van der Waals surface area contributed by atoms with E-state index >= 15 is 0 Å². The molecule has 0 bridgehead atoms. The van der Waals surface area contributed by atoms with E-state index in [1.54, 1.807) is 0 Å². The predicted molar refractivity (Wildman–Crippen MR) is 74.0 cm³/mol. The Bertz CT molecular complexity index is 325. The molecule has 2 amide bonds. The quantitative estimate of drug-likeness (QED) is 0.693. The summed E-state index contributed by atoms with van der Waals surface area (Å²) >= 11 is 0. The molecular weight excluding hydrogens is 244 g/mol. The molecule has 0 saturated heterocycles. The highest BCUT2D eigenvalue weighted by Gasteiger charge is 2.30. The van der Waals surface area contributed by atoms with Crippen LogP contribution in [0.3, 0.4) is 0 Å². The van der Waals surface area contributed by atoms with E-state index < -0.39 is 12.0 Å². The lowest BCUT2D eigenvalue weighted by Gasteiger charge is -2.25. The molecule has 110 valence electrons. The third-order valence-electron chi connectivity index (χ3n) is 4.25. The average Bonchev–Trinajstić information content (AvgIpc) is 2.80. The van der Waals surface area contributed by atoms with E-state index in [0.29, 0.717) is 6.54 Å². The Morgan fingerprint density at radius 3 is 2.37 bits per heavy atom. The first-order valence-electron chi connectivity index (χ1n) is 7.15. The summed E-state index contributed by atoms with van der Waals surface area (Å²) in [4.78, 5) is 22.9. The lowest BCUT2D eigenvalue weighted by atomic mass is 9.89. The number of carbonyl (C=O) groups is 2. The summed E-state index contributed by atoms with van der Waals surface area (Å²) in [5.74, 6) is -1.05. The van der Waals surface area contributed by atoms with Gasteiger partial charge in [-0.3, -0.25) is 0 Å². The Balaban J connectivity index is 2.42. The molecule has 0 radical (unpaired) electrons. The summed E-state index contributed by atoms with van der Waals surface area (Å²) in [5, 5.41) is 14.5.